The van der Waals surface area contributed by atoms with E-state index in [1.54, 1.807) is 18.2 Å². The first-order chi connectivity index (χ1) is 9.54. The fourth-order valence-electron chi connectivity index (χ4n) is 1.66. The standard InChI is InChI=1S/C15H17N3O2/c1-10(2)20-13-6-4-12(5-7-13)18-15(19)14-8-11(3)16-9-17-14/h4-10H,1-3H3,(H,18,19). The van der Waals surface area contributed by atoms with Crippen molar-refractivity contribution in [3.8, 4) is 5.75 Å². The van der Waals surface area contributed by atoms with E-state index < -0.39 is 0 Å². The third-order valence-corrected chi connectivity index (χ3v) is 2.52. The highest BCUT2D eigenvalue weighted by Gasteiger charge is 2.08. The second kappa shape index (κ2) is 6.14. The van der Waals surface area contributed by atoms with Gasteiger partial charge in [-0.2, -0.15) is 0 Å². The van der Waals surface area contributed by atoms with E-state index in [4.69, 9.17) is 4.74 Å². The van der Waals surface area contributed by atoms with Crippen LogP contribution in [-0.2, 0) is 0 Å². The molecule has 0 atom stereocenters. The molecule has 2 aromatic rings. The topological polar surface area (TPSA) is 64.1 Å². The molecule has 0 aliphatic rings. The second-order valence-corrected chi connectivity index (χ2v) is 4.69. The number of carbonyl (C=O) groups is 1. The summed E-state index contributed by atoms with van der Waals surface area (Å²) in [5.74, 6) is 0.518. The monoisotopic (exact) mass is 271 g/mol. The largest absolute Gasteiger partial charge is 0.491 e. The Hall–Kier alpha value is -2.43. The SMILES string of the molecule is Cc1cc(C(=O)Nc2ccc(OC(C)C)cc2)ncn1. The molecule has 0 spiro atoms. The van der Waals surface area contributed by atoms with Crippen molar-refractivity contribution in [2.24, 2.45) is 0 Å². The van der Waals surface area contributed by atoms with E-state index in [-0.39, 0.29) is 12.0 Å². The van der Waals surface area contributed by atoms with E-state index in [1.807, 2.05) is 32.9 Å². The maximum absolute atomic E-state index is 12.0. The van der Waals surface area contributed by atoms with Gasteiger partial charge in [-0.3, -0.25) is 4.79 Å². The highest BCUT2D eigenvalue weighted by molar-refractivity contribution is 6.02. The third-order valence-electron chi connectivity index (χ3n) is 2.52. The average molecular weight is 271 g/mol. The Bertz CT molecular complexity index is 594. The first-order valence-electron chi connectivity index (χ1n) is 6.41. The minimum Gasteiger partial charge on any atom is -0.491 e. The van der Waals surface area contributed by atoms with Crippen LogP contribution in [0.1, 0.15) is 30.0 Å². The smallest absolute Gasteiger partial charge is 0.274 e. The van der Waals surface area contributed by atoms with Crippen LogP contribution < -0.4 is 10.1 Å². The zero-order valence-electron chi connectivity index (χ0n) is 11.8. The van der Waals surface area contributed by atoms with Crippen LogP contribution in [0.15, 0.2) is 36.7 Å². The Morgan fingerprint density at radius 3 is 2.50 bits per heavy atom. The summed E-state index contributed by atoms with van der Waals surface area (Å²) in [4.78, 5) is 19.9. The number of aromatic nitrogens is 2. The molecule has 0 saturated carbocycles. The van der Waals surface area contributed by atoms with Crippen LogP contribution in [0, 0.1) is 6.92 Å². The minimum absolute atomic E-state index is 0.124. The summed E-state index contributed by atoms with van der Waals surface area (Å²) in [7, 11) is 0. The summed E-state index contributed by atoms with van der Waals surface area (Å²) in [5, 5.41) is 2.78. The van der Waals surface area contributed by atoms with E-state index >= 15 is 0 Å². The molecule has 0 aliphatic heterocycles. The van der Waals surface area contributed by atoms with Crippen molar-refractivity contribution < 1.29 is 9.53 Å². The first-order valence-corrected chi connectivity index (χ1v) is 6.41. The van der Waals surface area contributed by atoms with Crippen molar-refractivity contribution >= 4 is 11.6 Å². The number of hydrogen-bond acceptors (Lipinski definition) is 4. The molecule has 0 bridgehead atoms. The first kappa shape index (κ1) is 14.0. The molecule has 1 N–H and O–H groups in total. The van der Waals surface area contributed by atoms with Crippen molar-refractivity contribution in [3.63, 3.8) is 0 Å². The highest BCUT2D eigenvalue weighted by Crippen LogP contribution is 2.17. The van der Waals surface area contributed by atoms with Gasteiger partial charge < -0.3 is 10.1 Å². The van der Waals surface area contributed by atoms with Crippen molar-refractivity contribution in [2.45, 2.75) is 26.9 Å². The van der Waals surface area contributed by atoms with Gasteiger partial charge in [0.2, 0.25) is 0 Å². The molecule has 1 heterocycles. The number of hydrogen-bond donors (Lipinski definition) is 1. The number of benzene rings is 1. The molecule has 5 nitrogen and oxygen atoms in total. The molecular formula is C15H17N3O2. The van der Waals surface area contributed by atoms with Crippen LogP contribution >= 0.6 is 0 Å². The maximum atomic E-state index is 12.0. The fraction of sp³-hybridized carbons (Fsp3) is 0.267. The van der Waals surface area contributed by atoms with Crippen LogP contribution in [-0.4, -0.2) is 22.0 Å². The Balaban J connectivity index is 2.04. The molecule has 5 heteroatoms. The predicted octanol–water partition coefficient (Wildman–Crippen LogP) is 2.82. The van der Waals surface area contributed by atoms with E-state index in [2.05, 4.69) is 15.3 Å². The summed E-state index contributed by atoms with van der Waals surface area (Å²) in [5.41, 5.74) is 1.80. The second-order valence-electron chi connectivity index (χ2n) is 4.69. The molecule has 0 saturated heterocycles. The predicted molar refractivity (Wildman–Crippen MR) is 76.9 cm³/mol. The summed E-state index contributed by atoms with van der Waals surface area (Å²) in [6, 6.07) is 8.88. The maximum Gasteiger partial charge on any atom is 0.274 e. The van der Waals surface area contributed by atoms with Gasteiger partial charge in [0.1, 0.15) is 17.8 Å². The van der Waals surface area contributed by atoms with Gasteiger partial charge in [0.25, 0.3) is 5.91 Å². The normalized spacial score (nSPS) is 10.4. The molecular weight excluding hydrogens is 254 g/mol. The van der Waals surface area contributed by atoms with E-state index in [1.165, 1.54) is 6.33 Å². The number of carbonyl (C=O) groups excluding carboxylic acids is 1. The number of ether oxygens (including phenoxy) is 1. The Morgan fingerprint density at radius 1 is 1.20 bits per heavy atom. The summed E-state index contributed by atoms with van der Waals surface area (Å²) in [6.07, 6.45) is 1.50. The molecule has 1 aromatic heterocycles. The molecule has 0 unspecified atom stereocenters. The van der Waals surface area contributed by atoms with Crippen LogP contribution in [0.3, 0.4) is 0 Å². The highest BCUT2D eigenvalue weighted by atomic mass is 16.5. The van der Waals surface area contributed by atoms with Gasteiger partial charge in [0, 0.05) is 11.4 Å². The van der Waals surface area contributed by atoms with Gasteiger partial charge in [-0.25, -0.2) is 9.97 Å². The lowest BCUT2D eigenvalue weighted by atomic mass is 10.2. The van der Waals surface area contributed by atoms with Gasteiger partial charge in [-0.1, -0.05) is 0 Å². The fourth-order valence-corrected chi connectivity index (χ4v) is 1.66. The zero-order chi connectivity index (χ0) is 14.5. The van der Waals surface area contributed by atoms with E-state index in [0.717, 1.165) is 11.4 Å². The van der Waals surface area contributed by atoms with Gasteiger partial charge in [0.05, 0.1) is 6.10 Å². The molecule has 0 aliphatic carbocycles. The Labute approximate surface area is 118 Å². The lowest BCUT2D eigenvalue weighted by molar-refractivity contribution is 0.102. The number of anilines is 1. The van der Waals surface area contributed by atoms with Crippen molar-refractivity contribution in [2.75, 3.05) is 5.32 Å². The van der Waals surface area contributed by atoms with E-state index in [9.17, 15) is 4.79 Å². The molecule has 1 amide bonds. The van der Waals surface area contributed by atoms with Crippen LogP contribution in [0.5, 0.6) is 5.75 Å². The lowest BCUT2D eigenvalue weighted by Gasteiger charge is -2.10. The quantitative estimate of drug-likeness (QED) is 0.928. The number of aryl methyl sites for hydroxylation is 1. The Kier molecular flexibility index (Phi) is 4.30. The third kappa shape index (κ3) is 3.78. The Morgan fingerprint density at radius 2 is 1.90 bits per heavy atom. The van der Waals surface area contributed by atoms with Crippen LogP contribution in [0.4, 0.5) is 5.69 Å². The molecule has 0 fully saturated rings. The lowest BCUT2D eigenvalue weighted by Crippen LogP contribution is -2.14. The minimum atomic E-state index is -0.256. The van der Waals surface area contributed by atoms with Gasteiger partial charge in [-0.05, 0) is 51.1 Å². The van der Waals surface area contributed by atoms with E-state index in [0.29, 0.717) is 11.4 Å². The summed E-state index contributed by atoms with van der Waals surface area (Å²) >= 11 is 0. The van der Waals surface area contributed by atoms with Gasteiger partial charge >= 0.3 is 0 Å². The number of rotatable bonds is 4. The van der Waals surface area contributed by atoms with Crippen LogP contribution in [0.25, 0.3) is 0 Å². The number of amides is 1. The molecule has 2 rings (SSSR count). The van der Waals surface area contributed by atoms with Gasteiger partial charge in [-0.15, -0.1) is 0 Å². The van der Waals surface area contributed by atoms with Crippen molar-refractivity contribution in [1.29, 1.82) is 0 Å². The number of nitrogens with one attached hydrogen (secondary N) is 1. The molecule has 0 radical (unpaired) electrons. The average Bonchev–Trinajstić information content (AvgIpc) is 2.40. The van der Waals surface area contributed by atoms with Gasteiger partial charge in [0.15, 0.2) is 0 Å². The summed E-state index contributed by atoms with van der Waals surface area (Å²) < 4.78 is 5.54. The number of nitrogens with zero attached hydrogens (tertiary/aromatic N) is 2. The summed E-state index contributed by atoms with van der Waals surface area (Å²) in [6.45, 7) is 5.75. The molecule has 104 valence electrons. The van der Waals surface area contributed by atoms with Crippen molar-refractivity contribution in [1.82, 2.24) is 9.97 Å². The zero-order valence-corrected chi connectivity index (χ0v) is 11.8. The molecule has 1 aromatic carbocycles. The van der Waals surface area contributed by atoms with Crippen molar-refractivity contribution in [3.05, 3.63) is 48.0 Å². The molecule has 20 heavy (non-hydrogen) atoms. The van der Waals surface area contributed by atoms with Crippen LogP contribution in [0.2, 0.25) is 0 Å².